The Morgan fingerprint density at radius 3 is 2.48 bits per heavy atom. The van der Waals surface area contributed by atoms with E-state index in [1.165, 1.54) is 10.4 Å². The lowest BCUT2D eigenvalue weighted by Crippen LogP contribution is -2.30. The lowest BCUT2D eigenvalue weighted by Gasteiger charge is -2.20. The number of rotatable bonds is 8. The summed E-state index contributed by atoms with van der Waals surface area (Å²) in [6.45, 7) is 2.66. The van der Waals surface area contributed by atoms with E-state index in [0.717, 1.165) is 16.9 Å². The molecule has 0 aliphatic rings. The van der Waals surface area contributed by atoms with Crippen LogP contribution in [0, 0.1) is 0 Å². The van der Waals surface area contributed by atoms with Crippen molar-refractivity contribution in [1.82, 2.24) is 4.31 Å². The Kier molecular flexibility index (Phi) is 5.92. The van der Waals surface area contributed by atoms with Crippen molar-refractivity contribution in [2.75, 3.05) is 6.54 Å². The Bertz CT molecular complexity index is 753. The van der Waals surface area contributed by atoms with Gasteiger partial charge in [0.2, 0.25) is 0 Å². The highest BCUT2D eigenvalue weighted by Gasteiger charge is 2.26. The number of benzene rings is 1. The van der Waals surface area contributed by atoms with Crippen LogP contribution in [0.1, 0.15) is 23.8 Å². The lowest BCUT2D eigenvalue weighted by molar-refractivity contribution is -0.136. The third kappa shape index (κ3) is 4.63. The Hall–Kier alpha value is -1.70. The summed E-state index contributed by atoms with van der Waals surface area (Å²) in [5, 5.41) is 8.81. The maximum absolute atomic E-state index is 12.8. The van der Waals surface area contributed by atoms with Crippen LogP contribution in [-0.4, -0.2) is 30.3 Å². The quantitative estimate of drug-likeness (QED) is 0.792. The van der Waals surface area contributed by atoms with E-state index in [-0.39, 0.29) is 10.6 Å². The zero-order valence-electron chi connectivity index (χ0n) is 12.8. The fourth-order valence-corrected chi connectivity index (χ4v) is 5.21. The van der Waals surface area contributed by atoms with Gasteiger partial charge in [-0.25, -0.2) is 8.42 Å². The number of carbonyl (C=O) groups is 1. The molecular weight excluding hydrogens is 334 g/mol. The molecule has 0 atom stereocenters. The first-order valence-corrected chi connectivity index (χ1v) is 9.53. The molecular formula is C16H19NO4S2. The highest BCUT2D eigenvalue weighted by Crippen LogP contribution is 2.26. The van der Waals surface area contributed by atoms with Crippen LogP contribution < -0.4 is 0 Å². The molecule has 2 rings (SSSR count). The molecule has 0 saturated carbocycles. The van der Waals surface area contributed by atoms with Gasteiger partial charge in [-0.3, -0.25) is 4.79 Å². The third-order valence-electron chi connectivity index (χ3n) is 3.23. The molecule has 23 heavy (non-hydrogen) atoms. The van der Waals surface area contributed by atoms with Crippen LogP contribution in [0.4, 0.5) is 0 Å². The Morgan fingerprint density at radius 1 is 1.17 bits per heavy atom. The molecule has 5 nitrogen and oxygen atoms in total. The zero-order chi connectivity index (χ0) is 16.9. The SMILES string of the molecule is CCCN(Cc1ccccc1)S(=O)(=O)c1ccc(CC(=O)O)s1. The normalized spacial score (nSPS) is 11.7. The molecule has 7 heteroatoms. The number of nitrogens with zero attached hydrogens (tertiary/aromatic N) is 1. The summed E-state index contributed by atoms with van der Waals surface area (Å²) in [4.78, 5) is 11.3. The number of hydrogen-bond acceptors (Lipinski definition) is 4. The van der Waals surface area contributed by atoms with Crippen molar-refractivity contribution in [3.63, 3.8) is 0 Å². The van der Waals surface area contributed by atoms with E-state index in [9.17, 15) is 13.2 Å². The standard InChI is InChI=1S/C16H19NO4S2/c1-2-10-17(12-13-6-4-3-5-7-13)23(20,21)16-9-8-14(22-16)11-15(18)19/h3-9H,2,10-12H2,1H3,(H,18,19). The van der Waals surface area contributed by atoms with Gasteiger partial charge in [-0.05, 0) is 24.1 Å². The maximum atomic E-state index is 12.8. The molecule has 0 fully saturated rings. The molecule has 0 unspecified atom stereocenters. The van der Waals surface area contributed by atoms with Gasteiger partial charge in [-0.15, -0.1) is 11.3 Å². The molecule has 1 aromatic carbocycles. The molecule has 2 aromatic rings. The number of carboxylic acids is 1. The molecule has 0 saturated heterocycles. The number of carboxylic acid groups (broad SMARTS) is 1. The number of thiophene rings is 1. The van der Waals surface area contributed by atoms with E-state index in [4.69, 9.17) is 5.11 Å². The van der Waals surface area contributed by atoms with E-state index in [1.54, 1.807) is 6.07 Å². The van der Waals surface area contributed by atoms with Crippen LogP contribution in [-0.2, 0) is 27.8 Å². The van der Waals surface area contributed by atoms with E-state index < -0.39 is 16.0 Å². The highest BCUT2D eigenvalue weighted by molar-refractivity contribution is 7.91. The summed E-state index contributed by atoms with van der Waals surface area (Å²) in [6.07, 6.45) is 0.548. The zero-order valence-corrected chi connectivity index (χ0v) is 14.4. The third-order valence-corrected chi connectivity index (χ3v) is 6.63. The van der Waals surface area contributed by atoms with Gasteiger partial charge in [0.25, 0.3) is 10.0 Å². The maximum Gasteiger partial charge on any atom is 0.308 e. The number of aliphatic carboxylic acids is 1. The fraction of sp³-hybridized carbons (Fsp3) is 0.312. The van der Waals surface area contributed by atoms with E-state index in [1.807, 2.05) is 37.3 Å². The Balaban J connectivity index is 2.25. The highest BCUT2D eigenvalue weighted by atomic mass is 32.2. The van der Waals surface area contributed by atoms with Gasteiger partial charge >= 0.3 is 5.97 Å². The first-order chi connectivity index (χ1) is 10.9. The largest absolute Gasteiger partial charge is 0.481 e. The molecule has 0 radical (unpaired) electrons. The van der Waals surface area contributed by atoms with Gasteiger partial charge in [-0.1, -0.05) is 37.3 Å². The van der Waals surface area contributed by atoms with Crippen LogP contribution in [0.3, 0.4) is 0 Å². The van der Waals surface area contributed by atoms with Crippen molar-refractivity contribution < 1.29 is 18.3 Å². The topological polar surface area (TPSA) is 74.7 Å². The average molecular weight is 353 g/mol. The van der Waals surface area contributed by atoms with Crippen molar-refractivity contribution in [3.05, 3.63) is 52.9 Å². The van der Waals surface area contributed by atoms with Gasteiger partial charge in [0.05, 0.1) is 6.42 Å². The van der Waals surface area contributed by atoms with Crippen molar-refractivity contribution in [3.8, 4) is 0 Å². The average Bonchev–Trinajstić information content (AvgIpc) is 2.96. The second-order valence-electron chi connectivity index (χ2n) is 5.12. The Labute approximate surface area is 140 Å². The molecule has 0 spiro atoms. The molecule has 1 heterocycles. The molecule has 1 N–H and O–H groups in total. The van der Waals surface area contributed by atoms with E-state index in [0.29, 0.717) is 24.4 Å². The first-order valence-electron chi connectivity index (χ1n) is 7.28. The minimum absolute atomic E-state index is 0.160. The van der Waals surface area contributed by atoms with Crippen LogP contribution in [0.15, 0.2) is 46.7 Å². The molecule has 0 bridgehead atoms. The smallest absolute Gasteiger partial charge is 0.308 e. The van der Waals surface area contributed by atoms with Gasteiger partial charge in [0.1, 0.15) is 4.21 Å². The van der Waals surface area contributed by atoms with Crippen molar-refractivity contribution in [1.29, 1.82) is 0 Å². The molecule has 0 aliphatic heterocycles. The van der Waals surface area contributed by atoms with Gasteiger partial charge in [0.15, 0.2) is 0 Å². The van der Waals surface area contributed by atoms with E-state index >= 15 is 0 Å². The van der Waals surface area contributed by atoms with Crippen LogP contribution >= 0.6 is 11.3 Å². The summed E-state index contributed by atoms with van der Waals surface area (Å²) in [5.74, 6) is -0.967. The van der Waals surface area contributed by atoms with Crippen molar-refractivity contribution in [2.45, 2.75) is 30.5 Å². The van der Waals surface area contributed by atoms with Crippen LogP contribution in [0.5, 0.6) is 0 Å². The van der Waals surface area contributed by atoms with Crippen LogP contribution in [0.2, 0.25) is 0 Å². The predicted molar refractivity (Wildman–Crippen MR) is 90.0 cm³/mol. The second kappa shape index (κ2) is 7.72. The van der Waals surface area contributed by atoms with Crippen LogP contribution in [0.25, 0.3) is 0 Å². The summed E-state index contributed by atoms with van der Waals surface area (Å²) in [6, 6.07) is 12.5. The van der Waals surface area contributed by atoms with Gasteiger partial charge < -0.3 is 5.11 Å². The second-order valence-corrected chi connectivity index (χ2v) is 8.45. The summed E-state index contributed by atoms with van der Waals surface area (Å²) in [7, 11) is -3.62. The summed E-state index contributed by atoms with van der Waals surface area (Å²) < 4.78 is 27.3. The Morgan fingerprint density at radius 2 is 1.87 bits per heavy atom. The predicted octanol–water partition coefficient (Wildman–Crippen LogP) is 2.98. The van der Waals surface area contributed by atoms with Gasteiger partial charge in [0, 0.05) is 18.0 Å². The summed E-state index contributed by atoms with van der Waals surface area (Å²) in [5.41, 5.74) is 0.923. The molecule has 1 aromatic heterocycles. The number of sulfonamides is 1. The number of hydrogen-bond donors (Lipinski definition) is 1. The van der Waals surface area contributed by atoms with Gasteiger partial charge in [-0.2, -0.15) is 4.31 Å². The fourth-order valence-electron chi connectivity index (χ4n) is 2.19. The minimum Gasteiger partial charge on any atom is -0.481 e. The molecule has 124 valence electrons. The van der Waals surface area contributed by atoms with E-state index in [2.05, 4.69) is 0 Å². The summed E-state index contributed by atoms with van der Waals surface area (Å²) >= 11 is 1.02. The minimum atomic E-state index is -3.62. The molecule has 0 amide bonds. The van der Waals surface area contributed by atoms with Crippen molar-refractivity contribution >= 4 is 27.3 Å². The monoisotopic (exact) mass is 353 g/mol. The van der Waals surface area contributed by atoms with Crippen molar-refractivity contribution in [2.24, 2.45) is 0 Å². The first kappa shape index (κ1) is 17.7. The molecule has 0 aliphatic carbocycles. The lowest BCUT2D eigenvalue weighted by atomic mass is 10.2.